The highest BCUT2D eigenvalue weighted by Crippen LogP contribution is 2.29. The normalized spacial score (nSPS) is 11.8. The number of thiazole rings is 1. The van der Waals surface area contributed by atoms with Crippen LogP contribution in [0.15, 0.2) is 22.0 Å². The van der Waals surface area contributed by atoms with E-state index in [1.54, 1.807) is 19.2 Å². The van der Waals surface area contributed by atoms with Gasteiger partial charge >= 0.3 is 5.97 Å². The van der Waals surface area contributed by atoms with E-state index in [9.17, 15) is 9.59 Å². The first-order chi connectivity index (χ1) is 11.9. The standard InChI is InChI=1S/C15H15Cl2N3O3S2/c1-3-23-12(21)5-10-7-24-15(19-10)25-8(2)14(22)20-13-11(17)4-9(16)6-18-13/h4,6-8H,3,5H2,1-2H3,(H,18,20,22)/t8-/m0/s1. The maximum absolute atomic E-state index is 12.3. The Hall–Kier alpha value is -1.35. The molecule has 2 heterocycles. The molecule has 0 saturated carbocycles. The summed E-state index contributed by atoms with van der Waals surface area (Å²) in [6.45, 7) is 3.83. The summed E-state index contributed by atoms with van der Waals surface area (Å²) in [4.78, 5) is 32.0. The second-order valence-electron chi connectivity index (χ2n) is 4.82. The van der Waals surface area contributed by atoms with E-state index in [0.717, 1.165) is 0 Å². The molecule has 6 nitrogen and oxygen atoms in total. The van der Waals surface area contributed by atoms with Crippen molar-refractivity contribution in [3.63, 3.8) is 0 Å². The number of halogens is 2. The van der Waals surface area contributed by atoms with Crippen LogP contribution in [-0.2, 0) is 20.7 Å². The number of aromatic nitrogens is 2. The lowest BCUT2D eigenvalue weighted by Crippen LogP contribution is -2.23. The molecular formula is C15H15Cl2N3O3S2. The molecule has 0 unspecified atom stereocenters. The van der Waals surface area contributed by atoms with Crippen molar-refractivity contribution >= 4 is 64.0 Å². The summed E-state index contributed by atoms with van der Waals surface area (Å²) in [5.74, 6) is -0.326. The van der Waals surface area contributed by atoms with E-state index in [1.165, 1.54) is 35.4 Å². The van der Waals surface area contributed by atoms with Crippen LogP contribution in [0.5, 0.6) is 0 Å². The molecule has 134 valence electrons. The van der Waals surface area contributed by atoms with Crippen LogP contribution in [-0.4, -0.2) is 33.7 Å². The van der Waals surface area contributed by atoms with E-state index in [4.69, 9.17) is 27.9 Å². The number of pyridine rings is 1. The van der Waals surface area contributed by atoms with Gasteiger partial charge in [-0.1, -0.05) is 35.0 Å². The Kier molecular flexibility index (Phi) is 7.49. The second-order valence-corrected chi connectivity index (χ2v) is 8.11. The molecule has 0 radical (unpaired) electrons. The van der Waals surface area contributed by atoms with Crippen LogP contribution in [0.4, 0.5) is 5.82 Å². The van der Waals surface area contributed by atoms with Gasteiger partial charge in [-0.15, -0.1) is 11.3 Å². The largest absolute Gasteiger partial charge is 0.466 e. The van der Waals surface area contributed by atoms with Crippen molar-refractivity contribution < 1.29 is 14.3 Å². The summed E-state index contributed by atoms with van der Waals surface area (Å²) in [6.07, 6.45) is 1.53. The minimum atomic E-state index is -0.421. The molecular weight excluding hydrogens is 405 g/mol. The highest BCUT2D eigenvalue weighted by Gasteiger charge is 2.19. The molecule has 1 amide bonds. The lowest BCUT2D eigenvalue weighted by Gasteiger charge is -2.11. The van der Waals surface area contributed by atoms with E-state index in [2.05, 4.69) is 15.3 Å². The molecule has 2 aromatic rings. The average molecular weight is 420 g/mol. The van der Waals surface area contributed by atoms with Crippen LogP contribution in [0.2, 0.25) is 10.0 Å². The molecule has 0 fully saturated rings. The first kappa shape index (κ1) is 20.0. The van der Waals surface area contributed by atoms with E-state index >= 15 is 0 Å². The first-order valence-corrected chi connectivity index (χ1v) is 9.79. The second kappa shape index (κ2) is 9.38. The zero-order valence-electron chi connectivity index (χ0n) is 13.4. The molecule has 1 atom stereocenters. The predicted octanol–water partition coefficient (Wildman–Crippen LogP) is 4.07. The van der Waals surface area contributed by atoms with Gasteiger partial charge in [-0.05, 0) is 19.9 Å². The van der Waals surface area contributed by atoms with Crippen LogP contribution >= 0.6 is 46.3 Å². The van der Waals surface area contributed by atoms with Crippen molar-refractivity contribution in [3.8, 4) is 0 Å². The van der Waals surface area contributed by atoms with Crippen LogP contribution in [0.3, 0.4) is 0 Å². The smallest absolute Gasteiger partial charge is 0.311 e. The molecule has 2 rings (SSSR count). The zero-order valence-corrected chi connectivity index (χ0v) is 16.6. The van der Waals surface area contributed by atoms with Gasteiger partial charge in [0.25, 0.3) is 0 Å². The SMILES string of the molecule is CCOC(=O)Cc1csc(S[C@@H](C)C(=O)Nc2ncc(Cl)cc2Cl)n1. The molecule has 0 aromatic carbocycles. The zero-order chi connectivity index (χ0) is 18.4. The predicted molar refractivity (Wildman–Crippen MR) is 101 cm³/mol. The number of hydrogen-bond acceptors (Lipinski definition) is 7. The first-order valence-electron chi connectivity index (χ1n) is 7.27. The van der Waals surface area contributed by atoms with E-state index in [1.807, 2.05) is 0 Å². The maximum Gasteiger partial charge on any atom is 0.311 e. The third-order valence-electron chi connectivity index (χ3n) is 2.86. The minimum Gasteiger partial charge on any atom is -0.466 e. The topological polar surface area (TPSA) is 81.2 Å². The maximum atomic E-state index is 12.3. The van der Waals surface area contributed by atoms with Gasteiger partial charge in [0.15, 0.2) is 10.2 Å². The molecule has 0 aliphatic carbocycles. The highest BCUT2D eigenvalue weighted by atomic mass is 35.5. The Labute approximate surface area is 163 Å². The average Bonchev–Trinajstić information content (AvgIpc) is 2.97. The molecule has 0 saturated heterocycles. The molecule has 0 aliphatic rings. The van der Waals surface area contributed by atoms with E-state index in [0.29, 0.717) is 21.7 Å². The van der Waals surface area contributed by atoms with Crippen molar-refractivity contribution in [2.75, 3.05) is 11.9 Å². The van der Waals surface area contributed by atoms with Crippen LogP contribution in [0, 0.1) is 0 Å². The fraction of sp³-hybridized carbons (Fsp3) is 0.333. The molecule has 2 aromatic heterocycles. The summed E-state index contributed by atoms with van der Waals surface area (Å²) in [7, 11) is 0. The fourth-order valence-electron chi connectivity index (χ4n) is 1.71. The van der Waals surface area contributed by atoms with Gasteiger partial charge in [0.05, 0.1) is 34.0 Å². The Morgan fingerprint density at radius 3 is 2.88 bits per heavy atom. The van der Waals surface area contributed by atoms with Crippen molar-refractivity contribution in [1.82, 2.24) is 9.97 Å². The van der Waals surface area contributed by atoms with Crippen molar-refractivity contribution in [2.45, 2.75) is 29.9 Å². The Morgan fingerprint density at radius 1 is 1.44 bits per heavy atom. The molecule has 1 N–H and O–H groups in total. The lowest BCUT2D eigenvalue weighted by atomic mass is 10.3. The number of ether oxygens (including phenoxy) is 1. The Balaban J connectivity index is 1.92. The summed E-state index contributed by atoms with van der Waals surface area (Å²) < 4.78 is 5.58. The van der Waals surface area contributed by atoms with Crippen LogP contribution in [0.25, 0.3) is 0 Å². The molecule has 0 bridgehead atoms. The quantitative estimate of drug-likeness (QED) is 0.537. The molecule has 0 aliphatic heterocycles. The minimum absolute atomic E-state index is 0.121. The van der Waals surface area contributed by atoms with Gasteiger partial charge < -0.3 is 10.1 Å². The number of hydrogen-bond donors (Lipinski definition) is 1. The van der Waals surface area contributed by atoms with E-state index < -0.39 is 5.25 Å². The van der Waals surface area contributed by atoms with Gasteiger partial charge in [0.1, 0.15) is 0 Å². The molecule has 0 spiro atoms. The number of nitrogens with one attached hydrogen (secondary N) is 1. The highest BCUT2D eigenvalue weighted by molar-refractivity contribution is 8.02. The number of esters is 1. The third kappa shape index (κ3) is 6.14. The summed E-state index contributed by atoms with van der Waals surface area (Å²) >= 11 is 14.4. The number of thioether (sulfide) groups is 1. The molecule has 10 heteroatoms. The Bertz CT molecular complexity index is 770. The Morgan fingerprint density at radius 2 is 2.20 bits per heavy atom. The number of amides is 1. The van der Waals surface area contributed by atoms with Gasteiger partial charge in [0, 0.05) is 11.6 Å². The number of anilines is 1. The van der Waals surface area contributed by atoms with E-state index in [-0.39, 0.29) is 29.1 Å². The van der Waals surface area contributed by atoms with Gasteiger partial charge in [-0.3, -0.25) is 9.59 Å². The monoisotopic (exact) mass is 419 g/mol. The molecule has 25 heavy (non-hydrogen) atoms. The van der Waals surface area contributed by atoms with Crippen LogP contribution < -0.4 is 5.32 Å². The van der Waals surface area contributed by atoms with Crippen molar-refractivity contribution in [3.05, 3.63) is 33.4 Å². The van der Waals surface area contributed by atoms with Crippen LogP contribution in [0.1, 0.15) is 19.5 Å². The number of carbonyl (C=O) groups is 2. The van der Waals surface area contributed by atoms with Crippen molar-refractivity contribution in [1.29, 1.82) is 0 Å². The van der Waals surface area contributed by atoms with Gasteiger partial charge in [0.2, 0.25) is 5.91 Å². The summed E-state index contributed by atoms with van der Waals surface area (Å²) in [6, 6.07) is 1.51. The number of nitrogens with zero attached hydrogens (tertiary/aromatic N) is 2. The third-order valence-corrected chi connectivity index (χ3v) is 5.47. The summed E-state index contributed by atoms with van der Waals surface area (Å²) in [5, 5.41) is 4.67. The van der Waals surface area contributed by atoms with Gasteiger partial charge in [-0.2, -0.15) is 0 Å². The lowest BCUT2D eigenvalue weighted by molar-refractivity contribution is -0.142. The summed E-state index contributed by atoms with van der Waals surface area (Å²) in [5.41, 5.74) is 0.626. The number of rotatable bonds is 7. The van der Waals surface area contributed by atoms with Gasteiger partial charge in [-0.25, -0.2) is 9.97 Å². The number of carbonyl (C=O) groups excluding carboxylic acids is 2. The fourth-order valence-corrected chi connectivity index (χ4v) is 4.12. The van der Waals surface area contributed by atoms with Crippen molar-refractivity contribution in [2.24, 2.45) is 0 Å².